The van der Waals surface area contributed by atoms with Crippen LogP contribution in [0, 0.1) is 0 Å². The van der Waals surface area contributed by atoms with E-state index in [1.165, 1.54) is 11.1 Å². The number of aryl methyl sites for hydroxylation is 1. The number of nitrogens with zero attached hydrogens (tertiary/aromatic N) is 3. The van der Waals surface area contributed by atoms with Gasteiger partial charge in [-0.15, -0.1) is 0 Å². The molecule has 0 aliphatic heterocycles. The van der Waals surface area contributed by atoms with Gasteiger partial charge in [-0.3, -0.25) is 14.4 Å². The molecule has 5 nitrogen and oxygen atoms in total. The molecule has 2 aromatic rings. The standard InChI is InChI=1S/C16H20N4O/c1-19(11-16(21)17-15-7-8-20(2)18-15)14-9-12-5-3-4-6-13(12)10-14/h3-8,14H,9-11H2,1-2H3,(H,17,18,21). The third kappa shape index (κ3) is 3.13. The average Bonchev–Trinajstić information content (AvgIpc) is 3.04. The van der Waals surface area contributed by atoms with Gasteiger partial charge in [0.1, 0.15) is 0 Å². The molecular formula is C16H20N4O. The maximum absolute atomic E-state index is 12.1. The number of rotatable bonds is 4. The number of likely N-dealkylation sites (N-methyl/N-ethyl adjacent to an activating group) is 1. The van der Waals surface area contributed by atoms with Gasteiger partial charge >= 0.3 is 0 Å². The van der Waals surface area contributed by atoms with Crippen LogP contribution in [0.3, 0.4) is 0 Å². The Balaban J connectivity index is 1.55. The smallest absolute Gasteiger partial charge is 0.239 e. The van der Waals surface area contributed by atoms with Gasteiger partial charge < -0.3 is 5.32 Å². The van der Waals surface area contributed by atoms with E-state index in [0.717, 1.165) is 12.8 Å². The summed E-state index contributed by atoms with van der Waals surface area (Å²) in [7, 11) is 3.84. The zero-order valence-electron chi connectivity index (χ0n) is 12.4. The van der Waals surface area contributed by atoms with E-state index >= 15 is 0 Å². The molecule has 0 bridgehead atoms. The highest BCUT2D eigenvalue weighted by Gasteiger charge is 2.25. The Morgan fingerprint density at radius 1 is 1.33 bits per heavy atom. The summed E-state index contributed by atoms with van der Waals surface area (Å²) in [6, 6.07) is 10.7. The number of anilines is 1. The van der Waals surface area contributed by atoms with E-state index in [9.17, 15) is 4.79 Å². The van der Waals surface area contributed by atoms with Crippen LogP contribution in [-0.4, -0.2) is 40.2 Å². The molecule has 1 aromatic heterocycles. The fraction of sp³-hybridized carbons (Fsp3) is 0.375. The molecule has 5 heteroatoms. The normalized spacial score (nSPS) is 14.4. The van der Waals surface area contributed by atoms with Crippen LogP contribution < -0.4 is 5.32 Å². The Hall–Kier alpha value is -2.14. The first-order chi connectivity index (χ1) is 10.1. The predicted molar refractivity (Wildman–Crippen MR) is 82.1 cm³/mol. The Morgan fingerprint density at radius 3 is 2.57 bits per heavy atom. The lowest BCUT2D eigenvalue weighted by atomic mass is 10.1. The largest absolute Gasteiger partial charge is 0.308 e. The molecule has 1 aliphatic carbocycles. The lowest BCUT2D eigenvalue weighted by Crippen LogP contribution is -2.38. The SMILES string of the molecule is CN(CC(=O)Nc1ccn(C)n1)C1Cc2ccccc2C1. The van der Waals surface area contributed by atoms with Crippen molar-refractivity contribution in [2.45, 2.75) is 18.9 Å². The summed E-state index contributed by atoms with van der Waals surface area (Å²) in [5.41, 5.74) is 2.80. The molecule has 0 spiro atoms. The van der Waals surface area contributed by atoms with Gasteiger partial charge in [0.05, 0.1) is 6.54 Å². The van der Waals surface area contributed by atoms with Gasteiger partial charge in [-0.25, -0.2) is 0 Å². The number of carbonyl (C=O) groups excluding carboxylic acids is 1. The van der Waals surface area contributed by atoms with Crippen molar-refractivity contribution in [3.8, 4) is 0 Å². The molecule has 110 valence electrons. The maximum Gasteiger partial charge on any atom is 0.239 e. The lowest BCUT2D eigenvalue weighted by Gasteiger charge is -2.23. The third-order valence-electron chi connectivity index (χ3n) is 4.03. The molecule has 0 fully saturated rings. The topological polar surface area (TPSA) is 50.2 Å². The van der Waals surface area contributed by atoms with Gasteiger partial charge in [-0.2, -0.15) is 5.10 Å². The lowest BCUT2D eigenvalue weighted by molar-refractivity contribution is -0.117. The van der Waals surface area contributed by atoms with E-state index in [1.54, 1.807) is 10.7 Å². The van der Waals surface area contributed by atoms with Crippen LogP contribution in [0.4, 0.5) is 5.82 Å². The summed E-state index contributed by atoms with van der Waals surface area (Å²) in [5.74, 6) is 0.581. The zero-order chi connectivity index (χ0) is 14.8. The van der Waals surface area contributed by atoms with Crippen molar-refractivity contribution in [1.29, 1.82) is 0 Å². The summed E-state index contributed by atoms with van der Waals surface area (Å²) >= 11 is 0. The third-order valence-corrected chi connectivity index (χ3v) is 4.03. The van der Waals surface area contributed by atoms with Crippen molar-refractivity contribution in [3.63, 3.8) is 0 Å². The molecule has 0 unspecified atom stereocenters. The molecule has 1 aromatic carbocycles. The zero-order valence-corrected chi connectivity index (χ0v) is 12.4. The van der Waals surface area contributed by atoms with Crippen molar-refractivity contribution >= 4 is 11.7 Å². The number of nitrogens with one attached hydrogen (secondary N) is 1. The molecule has 0 atom stereocenters. The molecule has 3 rings (SSSR count). The number of carbonyl (C=O) groups is 1. The molecule has 1 amide bonds. The minimum absolute atomic E-state index is 0.0212. The average molecular weight is 284 g/mol. The Bertz CT molecular complexity index is 624. The first kappa shape index (κ1) is 13.8. The number of aromatic nitrogens is 2. The van der Waals surface area contributed by atoms with Crippen molar-refractivity contribution in [2.24, 2.45) is 7.05 Å². The van der Waals surface area contributed by atoms with Crippen molar-refractivity contribution in [3.05, 3.63) is 47.7 Å². The van der Waals surface area contributed by atoms with Gasteiger partial charge in [-0.1, -0.05) is 24.3 Å². The molecular weight excluding hydrogens is 264 g/mol. The van der Waals surface area contributed by atoms with Crippen LogP contribution in [0.5, 0.6) is 0 Å². The number of hydrogen-bond acceptors (Lipinski definition) is 3. The Morgan fingerprint density at radius 2 is 2.00 bits per heavy atom. The molecule has 21 heavy (non-hydrogen) atoms. The van der Waals surface area contributed by atoms with Gasteiger partial charge in [-0.05, 0) is 31.0 Å². The highest BCUT2D eigenvalue weighted by atomic mass is 16.2. The predicted octanol–water partition coefficient (Wildman–Crippen LogP) is 1.46. The molecule has 0 radical (unpaired) electrons. The maximum atomic E-state index is 12.1. The van der Waals surface area contributed by atoms with E-state index in [0.29, 0.717) is 18.4 Å². The van der Waals surface area contributed by atoms with Crippen LogP contribution in [0.25, 0.3) is 0 Å². The Labute approximate surface area is 124 Å². The van der Waals surface area contributed by atoms with Gasteiger partial charge in [0, 0.05) is 25.4 Å². The molecule has 1 aliphatic rings. The summed E-state index contributed by atoms with van der Waals surface area (Å²) in [6.45, 7) is 0.384. The molecule has 1 N–H and O–H groups in total. The first-order valence-corrected chi connectivity index (χ1v) is 7.18. The summed E-state index contributed by atoms with van der Waals surface area (Å²) in [4.78, 5) is 14.2. The minimum atomic E-state index is -0.0212. The van der Waals surface area contributed by atoms with E-state index in [4.69, 9.17) is 0 Å². The fourth-order valence-electron chi connectivity index (χ4n) is 2.87. The highest BCUT2D eigenvalue weighted by molar-refractivity contribution is 5.91. The van der Waals surface area contributed by atoms with Crippen molar-refractivity contribution < 1.29 is 4.79 Å². The second kappa shape index (κ2) is 5.69. The van der Waals surface area contributed by atoms with Crippen molar-refractivity contribution in [1.82, 2.24) is 14.7 Å². The number of fused-ring (bicyclic) bond motifs is 1. The van der Waals surface area contributed by atoms with Gasteiger partial charge in [0.15, 0.2) is 5.82 Å². The molecule has 0 saturated heterocycles. The van der Waals surface area contributed by atoms with E-state index in [2.05, 4.69) is 39.6 Å². The van der Waals surface area contributed by atoms with Crippen LogP contribution in [0.1, 0.15) is 11.1 Å². The number of amides is 1. The monoisotopic (exact) mass is 284 g/mol. The molecule has 1 heterocycles. The molecule has 0 saturated carbocycles. The highest BCUT2D eigenvalue weighted by Crippen LogP contribution is 2.24. The second-order valence-electron chi connectivity index (χ2n) is 5.67. The summed E-state index contributed by atoms with van der Waals surface area (Å²) < 4.78 is 1.67. The minimum Gasteiger partial charge on any atom is -0.308 e. The van der Waals surface area contributed by atoms with Gasteiger partial charge in [0.2, 0.25) is 5.91 Å². The van der Waals surface area contributed by atoms with E-state index in [-0.39, 0.29) is 5.91 Å². The van der Waals surface area contributed by atoms with E-state index in [1.807, 2.05) is 20.3 Å². The van der Waals surface area contributed by atoms with Gasteiger partial charge in [0.25, 0.3) is 0 Å². The number of hydrogen-bond donors (Lipinski definition) is 1. The fourth-order valence-corrected chi connectivity index (χ4v) is 2.87. The van der Waals surface area contributed by atoms with Crippen LogP contribution in [0.2, 0.25) is 0 Å². The summed E-state index contributed by atoms with van der Waals surface area (Å²) in [5, 5.41) is 6.98. The van der Waals surface area contributed by atoms with Crippen LogP contribution in [-0.2, 0) is 24.7 Å². The summed E-state index contributed by atoms with van der Waals surface area (Å²) in [6.07, 6.45) is 3.85. The van der Waals surface area contributed by atoms with E-state index < -0.39 is 0 Å². The van der Waals surface area contributed by atoms with Crippen LogP contribution in [0.15, 0.2) is 36.5 Å². The second-order valence-corrected chi connectivity index (χ2v) is 5.67. The van der Waals surface area contributed by atoms with Crippen LogP contribution >= 0.6 is 0 Å². The first-order valence-electron chi connectivity index (χ1n) is 7.18. The quantitative estimate of drug-likeness (QED) is 0.924. The number of benzene rings is 1. The Kier molecular flexibility index (Phi) is 3.75. The van der Waals surface area contributed by atoms with Crippen molar-refractivity contribution in [2.75, 3.05) is 18.9 Å².